The number of anilines is 1. The molecule has 7 nitrogen and oxygen atoms in total. The van der Waals surface area contributed by atoms with Gasteiger partial charge in [0.15, 0.2) is 0 Å². The standard InChI is InChI=1S/C38H45N3O4S/c1-27(2)33-17-19-34(20-18-33)41(46(44,45)35-21-15-29(5)16-22-35)26-37(42)40(25-32-14-10-11-30(6)23-32)36(38(43)39-28(3)4)24-31-12-8-7-9-13-31/h7-23,27-28,36H,24-26H2,1-6H3,(H,39,43)/t36-/m1/s1. The summed E-state index contributed by atoms with van der Waals surface area (Å²) in [5.74, 6) is -0.528. The number of aryl methyl sites for hydroxylation is 2. The SMILES string of the molecule is Cc1ccc(S(=O)(=O)N(CC(=O)N(Cc2cccc(C)c2)[C@H](Cc2ccccc2)C(=O)NC(C)C)c2ccc(C(C)C)cc2)cc1. The van der Waals surface area contributed by atoms with Gasteiger partial charge in [0, 0.05) is 19.0 Å². The number of carbonyl (C=O) groups is 2. The second kappa shape index (κ2) is 15.2. The van der Waals surface area contributed by atoms with E-state index in [1.165, 1.54) is 4.90 Å². The Morgan fingerprint density at radius 3 is 1.96 bits per heavy atom. The van der Waals surface area contributed by atoms with Crippen molar-refractivity contribution in [2.75, 3.05) is 10.8 Å². The van der Waals surface area contributed by atoms with Gasteiger partial charge in [-0.3, -0.25) is 13.9 Å². The van der Waals surface area contributed by atoms with E-state index in [2.05, 4.69) is 19.2 Å². The fourth-order valence-corrected chi connectivity index (χ4v) is 6.75. The van der Waals surface area contributed by atoms with Crippen molar-refractivity contribution >= 4 is 27.5 Å². The van der Waals surface area contributed by atoms with E-state index in [-0.39, 0.29) is 35.7 Å². The highest BCUT2D eigenvalue weighted by molar-refractivity contribution is 7.92. The molecule has 0 aliphatic rings. The molecule has 1 N–H and O–H groups in total. The number of hydrogen-bond acceptors (Lipinski definition) is 4. The third-order valence-corrected chi connectivity index (χ3v) is 9.66. The minimum absolute atomic E-state index is 0.0856. The van der Waals surface area contributed by atoms with Crippen LogP contribution in [0.2, 0.25) is 0 Å². The first-order valence-electron chi connectivity index (χ1n) is 15.7. The van der Waals surface area contributed by atoms with Crippen molar-refractivity contribution in [2.24, 2.45) is 0 Å². The maximum Gasteiger partial charge on any atom is 0.264 e. The van der Waals surface area contributed by atoms with Gasteiger partial charge in [0.05, 0.1) is 10.6 Å². The lowest BCUT2D eigenvalue weighted by Crippen LogP contribution is -2.54. The molecule has 0 saturated carbocycles. The van der Waals surface area contributed by atoms with Gasteiger partial charge in [-0.2, -0.15) is 0 Å². The average molecular weight is 640 g/mol. The summed E-state index contributed by atoms with van der Waals surface area (Å²) in [4.78, 5) is 30.0. The van der Waals surface area contributed by atoms with Crippen molar-refractivity contribution in [2.45, 2.75) is 77.4 Å². The lowest BCUT2D eigenvalue weighted by Gasteiger charge is -2.34. The first-order chi connectivity index (χ1) is 21.8. The number of rotatable bonds is 13. The van der Waals surface area contributed by atoms with Crippen LogP contribution >= 0.6 is 0 Å². The Labute approximate surface area is 274 Å². The van der Waals surface area contributed by atoms with Crippen molar-refractivity contribution in [3.8, 4) is 0 Å². The quantitative estimate of drug-likeness (QED) is 0.175. The molecule has 8 heteroatoms. The van der Waals surface area contributed by atoms with Gasteiger partial charge >= 0.3 is 0 Å². The molecule has 0 unspecified atom stereocenters. The van der Waals surface area contributed by atoms with Crippen LogP contribution in [0.5, 0.6) is 0 Å². The van der Waals surface area contributed by atoms with Gasteiger partial charge in [-0.05, 0) is 74.6 Å². The van der Waals surface area contributed by atoms with Gasteiger partial charge in [-0.25, -0.2) is 8.42 Å². The van der Waals surface area contributed by atoms with Crippen molar-refractivity contribution in [1.82, 2.24) is 10.2 Å². The first kappa shape index (κ1) is 34.4. The van der Waals surface area contributed by atoms with Gasteiger partial charge < -0.3 is 10.2 Å². The number of benzene rings is 4. The van der Waals surface area contributed by atoms with Crippen molar-refractivity contribution in [3.63, 3.8) is 0 Å². The van der Waals surface area contributed by atoms with E-state index < -0.39 is 28.5 Å². The number of amides is 2. The molecule has 0 aliphatic heterocycles. The highest BCUT2D eigenvalue weighted by Crippen LogP contribution is 2.27. The third-order valence-electron chi connectivity index (χ3n) is 7.87. The molecule has 242 valence electrons. The monoisotopic (exact) mass is 639 g/mol. The number of nitrogens with one attached hydrogen (secondary N) is 1. The summed E-state index contributed by atoms with van der Waals surface area (Å²) in [5.41, 5.74) is 5.11. The van der Waals surface area contributed by atoms with Gasteiger partial charge in [-0.1, -0.05) is 104 Å². The molecule has 4 aromatic carbocycles. The highest BCUT2D eigenvalue weighted by atomic mass is 32.2. The van der Waals surface area contributed by atoms with Gasteiger partial charge in [-0.15, -0.1) is 0 Å². The van der Waals surface area contributed by atoms with Crippen LogP contribution in [0.3, 0.4) is 0 Å². The van der Waals surface area contributed by atoms with Crippen LogP contribution in [-0.4, -0.2) is 43.8 Å². The van der Waals surface area contributed by atoms with Crippen molar-refractivity contribution in [3.05, 3.63) is 131 Å². The summed E-state index contributed by atoms with van der Waals surface area (Å²) in [6, 6.07) is 30.2. The molecular weight excluding hydrogens is 595 g/mol. The minimum Gasteiger partial charge on any atom is -0.352 e. The Balaban J connectivity index is 1.81. The fraction of sp³-hybridized carbons (Fsp3) is 0.316. The smallest absolute Gasteiger partial charge is 0.264 e. The predicted octanol–water partition coefficient (Wildman–Crippen LogP) is 6.79. The van der Waals surface area contributed by atoms with E-state index in [9.17, 15) is 18.0 Å². The Hall–Kier alpha value is -4.43. The molecule has 0 spiro atoms. The van der Waals surface area contributed by atoms with E-state index in [4.69, 9.17) is 0 Å². The second-order valence-corrected chi connectivity index (χ2v) is 14.3. The molecule has 0 aliphatic carbocycles. The molecule has 0 aromatic heterocycles. The molecule has 46 heavy (non-hydrogen) atoms. The summed E-state index contributed by atoms with van der Waals surface area (Å²) in [7, 11) is -4.15. The summed E-state index contributed by atoms with van der Waals surface area (Å²) in [6.45, 7) is 11.4. The lowest BCUT2D eigenvalue weighted by molar-refractivity contribution is -0.140. The van der Waals surface area contributed by atoms with Gasteiger partial charge in [0.25, 0.3) is 10.0 Å². The van der Waals surface area contributed by atoms with Crippen LogP contribution in [0, 0.1) is 13.8 Å². The first-order valence-corrected chi connectivity index (χ1v) is 17.2. The topological polar surface area (TPSA) is 86.8 Å². The van der Waals surface area contributed by atoms with E-state index in [0.717, 1.165) is 32.1 Å². The lowest BCUT2D eigenvalue weighted by atomic mass is 10.0. The molecule has 0 bridgehead atoms. The van der Waals surface area contributed by atoms with E-state index >= 15 is 0 Å². The van der Waals surface area contributed by atoms with Crippen LogP contribution in [0.1, 0.15) is 61.4 Å². The zero-order valence-electron chi connectivity index (χ0n) is 27.6. The Morgan fingerprint density at radius 2 is 1.37 bits per heavy atom. The Bertz CT molecular complexity index is 1720. The molecule has 0 saturated heterocycles. The Morgan fingerprint density at radius 1 is 0.739 bits per heavy atom. The normalized spacial score (nSPS) is 12.2. The molecule has 1 atom stereocenters. The van der Waals surface area contributed by atoms with Crippen LogP contribution < -0.4 is 9.62 Å². The zero-order valence-corrected chi connectivity index (χ0v) is 28.4. The second-order valence-electron chi connectivity index (χ2n) is 12.5. The van der Waals surface area contributed by atoms with Crippen molar-refractivity contribution in [1.29, 1.82) is 0 Å². The summed E-state index contributed by atoms with van der Waals surface area (Å²) >= 11 is 0. The zero-order chi connectivity index (χ0) is 33.4. The highest BCUT2D eigenvalue weighted by Gasteiger charge is 2.35. The minimum atomic E-state index is -4.15. The predicted molar refractivity (Wildman–Crippen MR) is 185 cm³/mol. The van der Waals surface area contributed by atoms with Crippen LogP contribution in [0.25, 0.3) is 0 Å². The number of carbonyl (C=O) groups excluding carboxylic acids is 2. The number of hydrogen-bond donors (Lipinski definition) is 1. The molecule has 0 heterocycles. The average Bonchev–Trinajstić information content (AvgIpc) is 3.02. The molecule has 0 radical (unpaired) electrons. The van der Waals surface area contributed by atoms with E-state index in [1.807, 2.05) is 94.4 Å². The molecule has 2 amide bonds. The van der Waals surface area contributed by atoms with Gasteiger partial charge in [0.2, 0.25) is 11.8 Å². The molecule has 0 fully saturated rings. The largest absolute Gasteiger partial charge is 0.352 e. The molecule has 4 rings (SSSR count). The Kier molecular flexibility index (Phi) is 11.4. The molecule has 4 aromatic rings. The number of sulfonamides is 1. The van der Waals surface area contributed by atoms with E-state index in [0.29, 0.717) is 5.69 Å². The summed E-state index contributed by atoms with van der Waals surface area (Å²) in [5, 5.41) is 2.99. The van der Waals surface area contributed by atoms with Crippen molar-refractivity contribution < 1.29 is 18.0 Å². The maximum atomic E-state index is 14.6. The summed E-state index contributed by atoms with van der Waals surface area (Å²) in [6.07, 6.45) is 0.269. The summed E-state index contributed by atoms with van der Waals surface area (Å²) < 4.78 is 29.6. The fourth-order valence-electron chi connectivity index (χ4n) is 5.33. The third kappa shape index (κ3) is 8.85. The van der Waals surface area contributed by atoms with Crippen LogP contribution in [-0.2, 0) is 32.6 Å². The molecular formula is C38H45N3O4S. The van der Waals surface area contributed by atoms with E-state index in [1.54, 1.807) is 36.4 Å². The van der Waals surface area contributed by atoms with Gasteiger partial charge in [0.1, 0.15) is 12.6 Å². The van der Waals surface area contributed by atoms with Crippen LogP contribution in [0.15, 0.2) is 108 Å². The van der Waals surface area contributed by atoms with Crippen LogP contribution in [0.4, 0.5) is 5.69 Å². The maximum absolute atomic E-state index is 14.6. The number of nitrogens with zero attached hydrogens (tertiary/aromatic N) is 2.